The summed E-state index contributed by atoms with van der Waals surface area (Å²) < 4.78 is 27.3. The number of unbranched alkanes of at least 4 members (excludes halogenated alkanes) is 7. The molecule has 0 radical (unpaired) electrons. The lowest BCUT2D eigenvalue weighted by molar-refractivity contribution is 0.331. The Hall–Kier alpha value is 0.340. The lowest BCUT2D eigenvalue weighted by atomic mass is 10.1. The smallest absolute Gasteiger partial charge is 0.324 e. The van der Waals surface area contributed by atoms with E-state index in [9.17, 15) is 18.9 Å². The van der Waals surface area contributed by atoms with E-state index in [1.807, 2.05) is 0 Å². The second kappa shape index (κ2) is 10.1. The summed E-state index contributed by atoms with van der Waals surface area (Å²) in [6.45, 7) is 3.63. The van der Waals surface area contributed by atoms with E-state index in [-0.39, 0.29) is 12.3 Å². The van der Waals surface area contributed by atoms with Crippen molar-refractivity contribution in [3.63, 3.8) is 0 Å². The first-order valence-electron chi connectivity index (χ1n) is 7.18. The van der Waals surface area contributed by atoms with Crippen molar-refractivity contribution in [1.82, 2.24) is 0 Å². The van der Waals surface area contributed by atoms with Gasteiger partial charge in [-0.25, -0.2) is 4.31 Å². The molecule has 19 heavy (non-hydrogen) atoms. The van der Waals surface area contributed by atoms with Gasteiger partial charge in [0, 0.05) is 6.16 Å². The normalized spacial score (nSPS) is 17.9. The van der Waals surface area contributed by atoms with Crippen LogP contribution in [0, 0.1) is 0 Å². The molecule has 0 aliphatic rings. The third-order valence-corrected chi connectivity index (χ3v) is 6.67. The fourth-order valence-electron chi connectivity index (χ4n) is 1.74. The summed E-state index contributed by atoms with van der Waals surface area (Å²) >= 11 is 0. The van der Waals surface area contributed by atoms with Gasteiger partial charge >= 0.3 is 15.2 Å². The van der Waals surface area contributed by atoms with E-state index in [1.165, 1.54) is 32.6 Å². The zero-order valence-corrected chi connectivity index (χ0v) is 13.9. The highest BCUT2D eigenvalue weighted by Crippen LogP contribution is 2.59. The largest absolute Gasteiger partial charge is 0.335 e. The molecule has 0 amide bonds. The van der Waals surface area contributed by atoms with Gasteiger partial charge in [0.1, 0.15) is 0 Å². The molecule has 0 fully saturated rings. The van der Waals surface area contributed by atoms with Gasteiger partial charge in [0.2, 0.25) is 0 Å². The molecule has 0 aliphatic heterocycles. The Balaban J connectivity index is 3.65. The van der Waals surface area contributed by atoms with Gasteiger partial charge < -0.3 is 9.79 Å². The summed E-state index contributed by atoms with van der Waals surface area (Å²) in [6.07, 6.45) is 8.38. The van der Waals surface area contributed by atoms with Crippen LogP contribution in [0.1, 0.15) is 65.2 Å². The maximum absolute atomic E-state index is 11.6. The predicted octanol–water partition coefficient (Wildman–Crippen LogP) is 4.53. The molecule has 5 nitrogen and oxygen atoms in total. The third-order valence-electron chi connectivity index (χ3n) is 2.95. The molecule has 0 aromatic carbocycles. The van der Waals surface area contributed by atoms with Gasteiger partial charge in [0.15, 0.2) is 0 Å². The topological polar surface area (TPSA) is 83.8 Å². The molecule has 2 N–H and O–H groups in total. The molecule has 0 heterocycles. The molecule has 0 rings (SSSR count). The average Bonchev–Trinajstić information content (AvgIpc) is 2.31. The molecule has 0 aliphatic carbocycles. The minimum absolute atomic E-state index is 0.0352. The Morgan fingerprint density at radius 2 is 1.26 bits per heavy atom. The molecule has 0 bridgehead atoms. The summed E-state index contributed by atoms with van der Waals surface area (Å²) in [5, 5.41) is 0. The van der Waals surface area contributed by atoms with Gasteiger partial charge in [0.05, 0.1) is 6.16 Å². The SMILES string of the molecule is CCCCCCCCCCP(=O)(O)OP(=O)(O)CC. The molecule has 0 saturated carbocycles. The lowest BCUT2D eigenvalue weighted by Gasteiger charge is -2.15. The molecule has 0 spiro atoms. The van der Waals surface area contributed by atoms with Crippen molar-refractivity contribution in [2.75, 3.05) is 12.3 Å². The minimum Gasteiger partial charge on any atom is -0.324 e. The maximum Gasteiger partial charge on any atom is 0.335 e. The van der Waals surface area contributed by atoms with Gasteiger partial charge in [0.25, 0.3) is 0 Å². The Kier molecular flexibility index (Phi) is 10.3. The molecule has 0 aromatic heterocycles. The van der Waals surface area contributed by atoms with E-state index in [4.69, 9.17) is 0 Å². The van der Waals surface area contributed by atoms with Crippen LogP contribution in [0.15, 0.2) is 0 Å². The van der Waals surface area contributed by atoms with Crippen LogP contribution in [-0.2, 0) is 13.4 Å². The van der Waals surface area contributed by atoms with E-state index in [0.717, 1.165) is 19.3 Å². The van der Waals surface area contributed by atoms with Crippen LogP contribution in [0.4, 0.5) is 0 Å². The van der Waals surface area contributed by atoms with Crippen LogP contribution in [0.2, 0.25) is 0 Å². The molecule has 0 aromatic rings. The second-order valence-electron chi connectivity index (χ2n) is 4.87. The zero-order chi connectivity index (χ0) is 14.8. The van der Waals surface area contributed by atoms with E-state index in [2.05, 4.69) is 11.2 Å². The first kappa shape index (κ1) is 19.3. The van der Waals surface area contributed by atoms with Gasteiger partial charge in [-0.1, -0.05) is 58.8 Å². The molecule has 2 atom stereocenters. The first-order valence-corrected chi connectivity index (χ1v) is 10.7. The van der Waals surface area contributed by atoms with Crippen LogP contribution in [0.25, 0.3) is 0 Å². The van der Waals surface area contributed by atoms with Crippen molar-refractivity contribution in [2.24, 2.45) is 0 Å². The lowest BCUT2D eigenvalue weighted by Crippen LogP contribution is -1.96. The molecule has 2 unspecified atom stereocenters. The van der Waals surface area contributed by atoms with E-state index < -0.39 is 15.2 Å². The zero-order valence-electron chi connectivity index (χ0n) is 12.1. The molecular formula is C12H28O5P2. The minimum atomic E-state index is -3.91. The van der Waals surface area contributed by atoms with Gasteiger partial charge in [-0.05, 0) is 6.42 Å². The van der Waals surface area contributed by atoms with Crippen LogP contribution < -0.4 is 0 Å². The van der Waals surface area contributed by atoms with Crippen molar-refractivity contribution in [3.05, 3.63) is 0 Å². The Morgan fingerprint density at radius 3 is 1.74 bits per heavy atom. The van der Waals surface area contributed by atoms with Crippen molar-refractivity contribution in [2.45, 2.75) is 65.2 Å². The highest BCUT2D eigenvalue weighted by Gasteiger charge is 2.29. The quantitative estimate of drug-likeness (QED) is 0.408. The van der Waals surface area contributed by atoms with E-state index >= 15 is 0 Å². The van der Waals surface area contributed by atoms with Crippen molar-refractivity contribution in [3.8, 4) is 0 Å². The van der Waals surface area contributed by atoms with E-state index in [0.29, 0.717) is 6.42 Å². The fraction of sp³-hybridized carbons (Fsp3) is 1.00. The number of hydrogen-bond acceptors (Lipinski definition) is 3. The summed E-state index contributed by atoms with van der Waals surface area (Å²) in [7, 11) is -7.79. The maximum atomic E-state index is 11.6. The van der Waals surface area contributed by atoms with Gasteiger partial charge in [-0.2, -0.15) is 0 Å². The monoisotopic (exact) mass is 314 g/mol. The first-order chi connectivity index (χ1) is 8.83. The fourth-order valence-corrected chi connectivity index (χ4v) is 4.75. The van der Waals surface area contributed by atoms with Crippen molar-refractivity contribution in [1.29, 1.82) is 0 Å². The van der Waals surface area contributed by atoms with Crippen molar-refractivity contribution < 1.29 is 23.2 Å². The molecule has 7 heteroatoms. The highest BCUT2D eigenvalue weighted by atomic mass is 31.3. The summed E-state index contributed by atoms with van der Waals surface area (Å²) in [6, 6.07) is 0. The predicted molar refractivity (Wildman–Crippen MR) is 78.8 cm³/mol. The molecule has 0 saturated heterocycles. The summed E-state index contributed by atoms with van der Waals surface area (Å²) in [5.41, 5.74) is 0. The van der Waals surface area contributed by atoms with Crippen LogP contribution in [0.5, 0.6) is 0 Å². The van der Waals surface area contributed by atoms with Crippen LogP contribution in [0.3, 0.4) is 0 Å². The van der Waals surface area contributed by atoms with Crippen LogP contribution >= 0.6 is 15.2 Å². The second-order valence-corrected chi connectivity index (χ2v) is 9.15. The Morgan fingerprint density at radius 1 is 0.789 bits per heavy atom. The number of rotatable bonds is 12. The summed E-state index contributed by atoms with van der Waals surface area (Å²) in [4.78, 5) is 18.6. The average molecular weight is 314 g/mol. The standard InChI is InChI=1S/C12H28O5P2/c1-3-5-6-7-8-9-10-11-12-19(15,16)17-18(13,14)4-2/h3-12H2,1-2H3,(H,13,14)(H,15,16). The molecule has 116 valence electrons. The van der Waals surface area contributed by atoms with Gasteiger partial charge in [-0.3, -0.25) is 9.13 Å². The van der Waals surface area contributed by atoms with Crippen molar-refractivity contribution >= 4 is 15.2 Å². The third kappa shape index (κ3) is 11.8. The Bertz CT molecular complexity index is 319. The van der Waals surface area contributed by atoms with Gasteiger partial charge in [-0.15, -0.1) is 0 Å². The highest BCUT2D eigenvalue weighted by molar-refractivity contribution is 7.66. The van der Waals surface area contributed by atoms with E-state index in [1.54, 1.807) is 0 Å². The molecular weight excluding hydrogens is 286 g/mol. The number of hydrogen-bond donors (Lipinski definition) is 2. The Labute approximate surface area is 116 Å². The van der Waals surface area contributed by atoms with Crippen LogP contribution in [-0.4, -0.2) is 22.1 Å². The summed E-state index contributed by atoms with van der Waals surface area (Å²) in [5.74, 6) is 0.